The zero-order valence-corrected chi connectivity index (χ0v) is 15.3. The number of anilines is 2. The van der Waals surface area contributed by atoms with Gasteiger partial charge in [-0.2, -0.15) is 0 Å². The Morgan fingerprint density at radius 3 is 2.32 bits per heavy atom. The van der Waals surface area contributed by atoms with Gasteiger partial charge in [-0.15, -0.1) is 0 Å². The highest BCUT2D eigenvalue weighted by molar-refractivity contribution is 6.31. The SMILES string of the molecule is Cc1ccc(NC(=O)C2CC2C(=O)Nc2cccc(Cl)c2C)cc1C. The fourth-order valence-electron chi connectivity index (χ4n) is 2.80. The fourth-order valence-corrected chi connectivity index (χ4v) is 2.97. The van der Waals surface area contributed by atoms with Gasteiger partial charge in [0.2, 0.25) is 11.8 Å². The lowest BCUT2D eigenvalue weighted by Crippen LogP contribution is -2.21. The predicted molar refractivity (Wildman–Crippen MR) is 101 cm³/mol. The first-order valence-electron chi connectivity index (χ1n) is 8.31. The van der Waals surface area contributed by atoms with Crippen molar-refractivity contribution in [2.75, 3.05) is 10.6 Å². The van der Waals surface area contributed by atoms with Gasteiger partial charge in [0.05, 0.1) is 11.8 Å². The van der Waals surface area contributed by atoms with Crippen molar-refractivity contribution in [3.63, 3.8) is 0 Å². The highest BCUT2D eigenvalue weighted by Gasteiger charge is 2.48. The van der Waals surface area contributed by atoms with Crippen molar-refractivity contribution >= 4 is 34.8 Å². The summed E-state index contributed by atoms with van der Waals surface area (Å²) in [7, 11) is 0. The summed E-state index contributed by atoms with van der Waals surface area (Å²) in [6, 6.07) is 11.2. The van der Waals surface area contributed by atoms with Gasteiger partial charge in [-0.1, -0.05) is 23.7 Å². The van der Waals surface area contributed by atoms with Crippen molar-refractivity contribution in [1.82, 2.24) is 0 Å². The Morgan fingerprint density at radius 1 is 0.960 bits per heavy atom. The number of rotatable bonds is 4. The second kappa shape index (κ2) is 6.89. The highest BCUT2D eigenvalue weighted by atomic mass is 35.5. The molecule has 2 aromatic rings. The fraction of sp³-hybridized carbons (Fsp3) is 0.300. The molecule has 1 aliphatic carbocycles. The minimum atomic E-state index is -0.287. The van der Waals surface area contributed by atoms with E-state index in [1.165, 1.54) is 5.56 Å². The summed E-state index contributed by atoms with van der Waals surface area (Å²) in [6.07, 6.45) is 0.572. The maximum Gasteiger partial charge on any atom is 0.228 e. The molecule has 2 amide bonds. The molecule has 4 nitrogen and oxygen atoms in total. The van der Waals surface area contributed by atoms with E-state index in [1.54, 1.807) is 12.1 Å². The van der Waals surface area contributed by atoms with Gasteiger partial charge in [-0.3, -0.25) is 9.59 Å². The van der Waals surface area contributed by atoms with Crippen LogP contribution in [0.2, 0.25) is 5.02 Å². The molecule has 0 saturated heterocycles. The molecule has 2 atom stereocenters. The molecule has 1 aliphatic rings. The second-order valence-electron chi connectivity index (χ2n) is 6.64. The molecule has 1 fully saturated rings. The second-order valence-corrected chi connectivity index (χ2v) is 7.05. The van der Waals surface area contributed by atoms with E-state index in [-0.39, 0.29) is 23.7 Å². The van der Waals surface area contributed by atoms with Gasteiger partial charge >= 0.3 is 0 Å². The van der Waals surface area contributed by atoms with E-state index in [0.29, 0.717) is 17.1 Å². The molecule has 2 unspecified atom stereocenters. The van der Waals surface area contributed by atoms with Crippen LogP contribution in [0.15, 0.2) is 36.4 Å². The molecule has 2 aromatic carbocycles. The first kappa shape index (κ1) is 17.5. The average molecular weight is 357 g/mol. The molecule has 130 valence electrons. The molecule has 0 aliphatic heterocycles. The summed E-state index contributed by atoms with van der Waals surface area (Å²) in [5, 5.41) is 6.38. The van der Waals surface area contributed by atoms with E-state index < -0.39 is 0 Å². The van der Waals surface area contributed by atoms with E-state index in [1.807, 2.05) is 45.0 Å². The van der Waals surface area contributed by atoms with Gasteiger partial charge in [0.15, 0.2) is 0 Å². The molecule has 0 bridgehead atoms. The molecule has 0 spiro atoms. The Labute approximate surface area is 152 Å². The van der Waals surface area contributed by atoms with Crippen LogP contribution in [0.3, 0.4) is 0 Å². The molecule has 0 aromatic heterocycles. The van der Waals surface area contributed by atoms with Gasteiger partial charge in [-0.25, -0.2) is 0 Å². The summed E-state index contributed by atoms with van der Waals surface area (Å²) >= 11 is 6.07. The highest BCUT2D eigenvalue weighted by Crippen LogP contribution is 2.40. The molecule has 0 heterocycles. The van der Waals surface area contributed by atoms with Gasteiger partial charge in [-0.05, 0) is 68.1 Å². The molecule has 1 saturated carbocycles. The van der Waals surface area contributed by atoms with Gasteiger partial charge in [0, 0.05) is 16.4 Å². The van der Waals surface area contributed by atoms with E-state index >= 15 is 0 Å². The van der Waals surface area contributed by atoms with E-state index in [4.69, 9.17) is 11.6 Å². The largest absolute Gasteiger partial charge is 0.326 e. The summed E-state index contributed by atoms with van der Waals surface area (Å²) in [4.78, 5) is 24.7. The Balaban J connectivity index is 1.59. The van der Waals surface area contributed by atoms with E-state index in [9.17, 15) is 9.59 Å². The lowest BCUT2D eigenvalue weighted by Gasteiger charge is -2.10. The average Bonchev–Trinajstić information content (AvgIpc) is 3.36. The minimum Gasteiger partial charge on any atom is -0.326 e. The van der Waals surface area contributed by atoms with E-state index in [2.05, 4.69) is 10.6 Å². The van der Waals surface area contributed by atoms with Crippen molar-refractivity contribution < 1.29 is 9.59 Å². The Morgan fingerprint density at radius 2 is 1.64 bits per heavy atom. The van der Waals surface area contributed by atoms with Gasteiger partial charge in [0.1, 0.15) is 0 Å². The van der Waals surface area contributed by atoms with Crippen molar-refractivity contribution in [2.24, 2.45) is 11.8 Å². The Bertz CT molecular complexity index is 848. The number of halogens is 1. The number of hydrogen-bond acceptors (Lipinski definition) is 2. The molecule has 5 heteroatoms. The third kappa shape index (κ3) is 3.85. The summed E-state index contributed by atoms with van der Waals surface area (Å²) < 4.78 is 0. The van der Waals surface area contributed by atoms with E-state index in [0.717, 1.165) is 16.8 Å². The monoisotopic (exact) mass is 356 g/mol. The van der Waals surface area contributed by atoms with Crippen LogP contribution in [0.1, 0.15) is 23.1 Å². The molecule has 0 radical (unpaired) electrons. The van der Waals surface area contributed by atoms with Gasteiger partial charge < -0.3 is 10.6 Å². The van der Waals surface area contributed by atoms with Gasteiger partial charge in [0.25, 0.3) is 0 Å². The lowest BCUT2D eigenvalue weighted by atomic mass is 10.1. The minimum absolute atomic E-state index is 0.105. The lowest BCUT2D eigenvalue weighted by molar-refractivity contribution is -0.122. The number of amides is 2. The molecular weight excluding hydrogens is 336 g/mol. The zero-order chi connectivity index (χ0) is 18.1. The van der Waals surface area contributed by atoms with Crippen LogP contribution < -0.4 is 10.6 Å². The standard InChI is InChI=1S/C20H21ClN2O2/c1-11-7-8-14(9-12(11)2)22-19(24)15-10-16(15)20(25)23-18-6-4-5-17(21)13(18)3/h4-9,15-16H,10H2,1-3H3,(H,22,24)(H,23,25). The van der Waals surface area contributed by atoms with Crippen LogP contribution in [-0.2, 0) is 9.59 Å². The quantitative estimate of drug-likeness (QED) is 0.848. The molecular formula is C20H21ClN2O2. The number of aryl methyl sites for hydroxylation is 2. The maximum atomic E-state index is 12.4. The van der Waals surface area contributed by atoms with Crippen LogP contribution in [0, 0.1) is 32.6 Å². The van der Waals surface area contributed by atoms with Crippen LogP contribution in [-0.4, -0.2) is 11.8 Å². The molecule has 2 N–H and O–H groups in total. The summed E-state index contributed by atoms with van der Waals surface area (Å²) in [5.41, 5.74) is 4.59. The number of carbonyl (C=O) groups is 2. The maximum absolute atomic E-state index is 12.4. The number of benzene rings is 2. The molecule has 3 rings (SSSR count). The molecule has 25 heavy (non-hydrogen) atoms. The number of hydrogen-bond donors (Lipinski definition) is 2. The van der Waals surface area contributed by atoms with Crippen molar-refractivity contribution in [3.8, 4) is 0 Å². The van der Waals surface area contributed by atoms with Crippen LogP contribution in [0.5, 0.6) is 0 Å². The first-order chi connectivity index (χ1) is 11.9. The van der Waals surface area contributed by atoms with Crippen LogP contribution in [0.25, 0.3) is 0 Å². The van der Waals surface area contributed by atoms with Crippen LogP contribution in [0.4, 0.5) is 11.4 Å². The van der Waals surface area contributed by atoms with Crippen LogP contribution >= 0.6 is 11.6 Å². The first-order valence-corrected chi connectivity index (χ1v) is 8.68. The third-order valence-corrected chi connectivity index (χ3v) is 5.17. The topological polar surface area (TPSA) is 58.2 Å². The Kier molecular flexibility index (Phi) is 4.82. The zero-order valence-electron chi connectivity index (χ0n) is 14.5. The normalized spacial score (nSPS) is 18.6. The number of nitrogens with one attached hydrogen (secondary N) is 2. The third-order valence-electron chi connectivity index (χ3n) is 4.76. The van der Waals surface area contributed by atoms with Crippen molar-refractivity contribution in [1.29, 1.82) is 0 Å². The van der Waals surface area contributed by atoms with Crippen molar-refractivity contribution in [3.05, 3.63) is 58.1 Å². The Hall–Kier alpha value is -2.33. The number of carbonyl (C=O) groups excluding carboxylic acids is 2. The van der Waals surface area contributed by atoms with Crippen molar-refractivity contribution in [2.45, 2.75) is 27.2 Å². The predicted octanol–water partition coefficient (Wildman–Crippen LogP) is 4.48. The smallest absolute Gasteiger partial charge is 0.228 e. The summed E-state index contributed by atoms with van der Waals surface area (Å²) in [6.45, 7) is 5.89. The summed E-state index contributed by atoms with van der Waals surface area (Å²) in [5.74, 6) is -0.803.